The Hall–Kier alpha value is -1.71. The van der Waals surface area contributed by atoms with Gasteiger partial charge in [0.1, 0.15) is 5.82 Å². The summed E-state index contributed by atoms with van der Waals surface area (Å²) in [5.41, 5.74) is 0.578. The first-order valence-corrected chi connectivity index (χ1v) is 5.23. The number of likely N-dealkylation sites (tertiary alicyclic amines) is 1. The van der Waals surface area contributed by atoms with E-state index in [-0.39, 0.29) is 24.1 Å². The molecule has 0 aromatic heterocycles. The molecule has 0 spiro atoms. The highest BCUT2D eigenvalue weighted by Gasteiger charge is 2.38. The average molecular weight is 221 g/mol. The molecule has 1 aliphatic heterocycles. The van der Waals surface area contributed by atoms with Gasteiger partial charge >= 0.3 is 0 Å². The highest BCUT2D eigenvalue weighted by molar-refractivity contribution is 6.06. The Bertz CT molecular complexity index is 444. The molecule has 1 aromatic rings. The molecule has 2 rings (SSSR count). The molecule has 1 heterocycles. The molecule has 0 N–H and O–H groups in total. The van der Waals surface area contributed by atoms with Gasteiger partial charge in [-0.2, -0.15) is 0 Å². The zero-order valence-electron chi connectivity index (χ0n) is 8.94. The van der Waals surface area contributed by atoms with Gasteiger partial charge in [0.25, 0.3) is 0 Å². The van der Waals surface area contributed by atoms with Crippen molar-refractivity contribution in [3.05, 3.63) is 35.6 Å². The molecule has 2 amide bonds. The Labute approximate surface area is 92.9 Å². The number of amides is 2. The van der Waals surface area contributed by atoms with Crippen molar-refractivity contribution < 1.29 is 14.0 Å². The standard InChI is InChI=1S/C12H12FNO2/c1-2-14-11(15)7-10(12(14)16)8-4-3-5-9(13)6-8/h3-6,10H,2,7H2,1H3/t10-/m1/s1. The van der Waals surface area contributed by atoms with Crippen molar-refractivity contribution in [1.82, 2.24) is 4.90 Å². The van der Waals surface area contributed by atoms with Gasteiger partial charge in [-0.15, -0.1) is 0 Å². The molecular formula is C12H12FNO2. The van der Waals surface area contributed by atoms with Crippen LogP contribution < -0.4 is 0 Å². The number of imide groups is 1. The molecule has 84 valence electrons. The molecule has 1 aromatic carbocycles. The van der Waals surface area contributed by atoms with E-state index in [1.165, 1.54) is 17.0 Å². The Morgan fingerprint density at radius 1 is 1.44 bits per heavy atom. The number of likely N-dealkylation sites (N-methyl/N-ethyl adjacent to an activating group) is 1. The first-order valence-electron chi connectivity index (χ1n) is 5.23. The van der Waals surface area contributed by atoms with Crippen LogP contribution in [0.2, 0.25) is 0 Å². The van der Waals surface area contributed by atoms with Crippen molar-refractivity contribution in [3.8, 4) is 0 Å². The number of rotatable bonds is 2. The fraction of sp³-hybridized carbons (Fsp3) is 0.333. The van der Waals surface area contributed by atoms with Gasteiger partial charge in [0.2, 0.25) is 11.8 Å². The van der Waals surface area contributed by atoms with E-state index in [9.17, 15) is 14.0 Å². The van der Waals surface area contributed by atoms with Crippen LogP contribution in [-0.4, -0.2) is 23.3 Å². The van der Waals surface area contributed by atoms with Crippen LogP contribution in [0.3, 0.4) is 0 Å². The van der Waals surface area contributed by atoms with E-state index < -0.39 is 5.92 Å². The molecule has 1 fully saturated rings. The SMILES string of the molecule is CCN1C(=O)C[C@H](c2cccc(F)c2)C1=O. The van der Waals surface area contributed by atoms with E-state index in [1.807, 2.05) is 0 Å². The van der Waals surface area contributed by atoms with Gasteiger partial charge in [-0.3, -0.25) is 14.5 Å². The van der Waals surface area contributed by atoms with Crippen LogP contribution in [0, 0.1) is 5.82 Å². The van der Waals surface area contributed by atoms with Gasteiger partial charge in [-0.05, 0) is 24.6 Å². The first-order chi connectivity index (χ1) is 7.63. The second-order valence-corrected chi connectivity index (χ2v) is 3.79. The molecule has 0 radical (unpaired) electrons. The average Bonchev–Trinajstić information content (AvgIpc) is 2.54. The topological polar surface area (TPSA) is 37.4 Å². The Balaban J connectivity index is 2.30. The summed E-state index contributed by atoms with van der Waals surface area (Å²) in [7, 11) is 0. The fourth-order valence-corrected chi connectivity index (χ4v) is 2.00. The minimum Gasteiger partial charge on any atom is -0.282 e. The molecule has 4 heteroatoms. The number of benzene rings is 1. The van der Waals surface area contributed by atoms with E-state index in [0.717, 1.165) is 0 Å². The van der Waals surface area contributed by atoms with Crippen molar-refractivity contribution in [2.24, 2.45) is 0 Å². The van der Waals surface area contributed by atoms with Gasteiger partial charge in [-0.1, -0.05) is 12.1 Å². The van der Waals surface area contributed by atoms with Gasteiger partial charge in [0, 0.05) is 13.0 Å². The molecular weight excluding hydrogens is 209 g/mol. The number of carbonyl (C=O) groups is 2. The second-order valence-electron chi connectivity index (χ2n) is 3.79. The van der Waals surface area contributed by atoms with Crippen LogP contribution in [0.15, 0.2) is 24.3 Å². The number of nitrogens with zero attached hydrogens (tertiary/aromatic N) is 1. The summed E-state index contributed by atoms with van der Waals surface area (Å²) in [5, 5.41) is 0. The molecule has 3 nitrogen and oxygen atoms in total. The smallest absolute Gasteiger partial charge is 0.237 e. The van der Waals surface area contributed by atoms with Crippen molar-refractivity contribution in [3.63, 3.8) is 0 Å². The normalized spacial score (nSPS) is 20.6. The van der Waals surface area contributed by atoms with E-state index in [4.69, 9.17) is 0 Å². The van der Waals surface area contributed by atoms with Gasteiger partial charge in [0.05, 0.1) is 5.92 Å². The van der Waals surface area contributed by atoms with E-state index in [2.05, 4.69) is 0 Å². The summed E-state index contributed by atoms with van der Waals surface area (Å²) in [6.45, 7) is 2.13. The van der Waals surface area contributed by atoms with E-state index >= 15 is 0 Å². The lowest BCUT2D eigenvalue weighted by Crippen LogP contribution is -2.29. The largest absolute Gasteiger partial charge is 0.282 e. The van der Waals surface area contributed by atoms with Crippen molar-refractivity contribution in [2.75, 3.05) is 6.54 Å². The third-order valence-electron chi connectivity index (χ3n) is 2.81. The molecule has 0 bridgehead atoms. The van der Waals surface area contributed by atoms with Crippen LogP contribution in [0.4, 0.5) is 4.39 Å². The zero-order chi connectivity index (χ0) is 11.7. The Kier molecular flexibility index (Phi) is 2.73. The highest BCUT2D eigenvalue weighted by Crippen LogP contribution is 2.29. The molecule has 0 saturated carbocycles. The monoisotopic (exact) mass is 221 g/mol. The van der Waals surface area contributed by atoms with Gasteiger partial charge in [-0.25, -0.2) is 4.39 Å². The maximum absolute atomic E-state index is 13.0. The van der Waals surface area contributed by atoms with Gasteiger partial charge in [0.15, 0.2) is 0 Å². The number of halogens is 1. The van der Waals surface area contributed by atoms with Crippen molar-refractivity contribution in [1.29, 1.82) is 0 Å². The molecule has 0 unspecified atom stereocenters. The van der Waals surface area contributed by atoms with Gasteiger partial charge < -0.3 is 0 Å². The van der Waals surface area contributed by atoms with Crippen LogP contribution >= 0.6 is 0 Å². The van der Waals surface area contributed by atoms with Crippen molar-refractivity contribution >= 4 is 11.8 Å². The lowest BCUT2D eigenvalue weighted by molar-refractivity contribution is -0.138. The van der Waals surface area contributed by atoms with Crippen LogP contribution in [-0.2, 0) is 9.59 Å². The first kappa shape index (κ1) is 10.8. The van der Waals surface area contributed by atoms with Crippen LogP contribution in [0.5, 0.6) is 0 Å². The summed E-state index contributed by atoms with van der Waals surface area (Å²) in [6, 6.07) is 5.87. The number of hydrogen-bond donors (Lipinski definition) is 0. The second kappa shape index (κ2) is 4.04. The quantitative estimate of drug-likeness (QED) is 0.712. The highest BCUT2D eigenvalue weighted by atomic mass is 19.1. The molecule has 1 atom stereocenters. The summed E-state index contributed by atoms with van der Waals surface area (Å²) in [5.74, 6) is -1.30. The fourth-order valence-electron chi connectivity index (χ4n) is 2.00. The summed E-state index contributed by atoms with van der Waals surface area (Å²) < 4.78 is 13.0. The maximum Gasteiger partial charge on any atom is 0.237 e. The molecule has 0 aliphatic carbocycles. The van der Waals surface area contributed by atoms with Crippen LogP contribution in [0.1, 0.15) is 24.8 Å². The molecule has 1 saturated heterocycles. The Morgan fingerprint density at radius 2 is 2.19 bits per heavy atom. The number of carbonyl (C=O) groups excluding carboxylic acids is 2. The zero-order valence-corrected chi connectivity index (χ0v) is 8.94. The maximum atomic E-state index is 13.0. The predicted molar refractivity (Wildman–Crippen MR) is 56.2 cm³/mol. The lowest BCUT2D eigenvalue weighted by Gasteiger charge is -2.11. The lowest BCUT2D eigenvalue weighted by atomic mass is 9.97. The third kappa shape index (κ3) is 1.71. The van der Waals surface area contributed by atoms with Crippen molar-refractivity contribution in [2.45, 2.75) is 19.3 Å². The number of hydrogen-bond acceptors (Lipinski definition) is 2. The third-order valence-corrected chi connectivity index (χ3v) is 2.81. The minimum atomic E-state index is -0.511. The van der Waals surface area contributed by atoms with E-state index in [1.54, 1.807) is 19.1 Å². The molecule has 16 heavy (non-hydrogen) atoms. The molecule has 1 aliphatic rings. The van der Waals surface area contributed by atoms with E-state index in [0.29, 0.717) is 12.1 Å². The predicted octanol–water partition coefficient (Wildman–Crippen LogP) is 1.69. The summed E-state index contributed by atoms with van der Waals surface area (Å²) in [6.07, 6.45) is 0.149. The summed E-state index contributed by atoms with van der Waals surface area (Å²) in [4.78, 5) is 24.6. The Morgan fingerprint density at radius 3 is 2.75 bits per heavy atom. The van der Waals surface area contributed by atoms with Crippen LogP contribution in [0.25, 0.3) is 0 Å². The summed E-state index contributed by atoms with van der Waals surface area (Å²) >= 11 is 0. The minimum absolute atomic E-state index is 0.149.